The summed E-state index contributed by atoms with van der Waals surface area (Å²) in [5.74, 6) is 0.338. The Kier molecular flexibility index (Phi) is 6.17. The zero-order valence-corrected chi connectivity index (χ0v) is 15.2. The third kappa shape index (κ3) is 6.20. The molecule has 0 radical (unpaired) electrons. The van der Waals surface area contributed by atoms with Crippen molar-refractivity contribution in [2.45, 2.75) is 19.4 Å². The van der Waals surface area contributed by atoms with Crippen LogP contribution in [0.25, 0.3) is 0 Å². The summed E-state index contributed by atoms with van der Waals surface area (Å²) in [5, 5.41) is 3.90. The molecule has 5 nitrogen and oxygen atoms in total. The molecule has 1 N–H and O–H groups in total. The molecule has 1 aliphatic heterocycles. The number of sulfone groups is 1. The molecule has 0 aliphatic carbocycles. The molecule has 0 atom stereocenters. The molecule has 0 bridgehead atoms. The quantitative estimate of drug-likeness (QED) is 0.875. The van der Waals surface area contributed by atoms with Crippen LogP contribution in [0.1, 0.15) is 18.4 Å². The zero-order chi connectivity index (χ0) is 17.0. The number of hydrogen-bond acceptors (Lipinski definition) is 3. The van der Waals surface area contributed by atoms with E-state index in [-0.39, 0.29) is 17.7 Å². The van der Waals surface area contributed by atoms with Gasteiger partial charge in [0.1, 0.15) is 9.84 Å². The summed E-state index contributed by atoms with van der Waals surface area (Å²) in [4.78, 5) is 13.9. The molecule has 0 aromatic heterocycles. The van der Waals surface area contributed by atoms with E-state index in [1.165, 1.54) is 6.26 Å². The summed E-state index contributed by atoms with van der Waals surface area (Å²) >= 11 is 11.9. The van der Waals surface area contributed by atoms with Crippen molar-refractivity contribution in [3.8, 4) is 0 Å². The first kappa shape index (κ1) is 18.4. The fraction of sp³-hybridized carbons (Fsp3) is 0.533. The summed E-state index contributed by atoms with van der Waals surface area (Å²) in [6.45, 7) is 1.49. The van der Waals surface area contributed by atoms with Gasteiger partial charge in [-0.05, 0) is 42.5 Å². The molecular weight excluding hydrogens is 359 g/mol. The topological polar surface area (TPSA) is 66.5 Å². The van der Waals surface area contributed by atoms with E-state index in [1.807, 2.05) is 0 Å². The molecule has 2 amide bonds. The van der Waals surface area contributed by atoms with E-state index in [1.54, 1.807) is 23.1 Å². The molecule has 8 heteroatoms. The Morgan fingerprint density at radius 2 is 1.78 bits per heavy atom. The Morgan fingerprint density at radius 3 is 2.30 bits per heavy atom. The van der Waals surface area contributed by atoms with Crippen molar-refractivity contribution in [1.82, 2.24) is 10.2 Å². The van der Waals surface area contributed by atoms with E-state index in [2.05, 4.69) is 5.32 Å². The lowest BCUT2D eigenvalue weighted by Crippen LogP contribution is -2.45. The number of urea groups is 1. The lowest BCUT2D eigenvalue weighted by atomic mass is 9.99. The van der Waals surface area contributed by atoms with Crippen LogP contribution in [0.4, 0.5) is 4.79 Å². The number of likely N-dealkylation sites (tertiary alicyclic amines) is 1. The number of nitrogens with zero attached hydrogens (tertiary/aromatic N) is 1. The molecule has 1 aromatic carbocycles. The number of halogens is 2. The van der Waals surface area contributed by atoms with Gasteiger partial charge in [-0.2, -0.15) is 0 Å². The maximum atomic E-state index is 12.2. The molecule has 1 aromatic rings. The molecule has 2 rings (SSSR count). The van der Waals surface area contributed by atoms with Crippen molar-refractivity contribution in [3.63, 3.8) is 0 Å². The number of piperidine rings is 1. The standard InChI is InChI=1S/C15H20Cl2N2O3S/c1-23(21,22)10-11-2-4-19(5-3-11)15(20)18-9-12-6-13(16)8-14(17)7-12/h6-8,11H,2-5,9-10H2,1H3,(H,18,20). The molecular formula is C15H20Cl2N2O3S. The second kappa shape index (κ2) is 7.73. The van der Waals surface area contributed by atoms with Crippen molar-refractivity contribution in [1.29, 1.82) is 0 Å². The van der Waals surface area contributed by atoms with E-state index >= 15 is 0 Å². The highest BCUT2D eigenvalue weighted by molar-refractivity contribution is 7.90. The predicted molar refractivity (Wildman–Crippen MR) is 92.7 cm³/mol. The highest BCUT2D eigenvalue weighted by atomic mass is 35.5. The van der Waals surface area contributed by atoms with Crippen molar-refractivity contribution >= 4 is 39.1 Å². The second-order valence-corrected chi connectivity index (χ2v) is 9.02. The third-order valence-electron chi connectivity index (χ3n) is 3.81. The third-order valence-corrected chi connectivity index (χ3v) is 5.32. The van der Waals surface area contributed by atoms with Crippen LogP contribution in [0.3, 0.4) is 0 Å². The van der Waals surface area contributed by atoms with Gasteiger partial charge in [0.2, 0.25) is 0 Å². The lowest BCUT2D eigenvalue weighted by Gasteiger charge is -2.31. The Balaban J connectivity index is 1.81. The summed E-state index contributed by atoms with van der Waals surface area (Å²) in [7, 11) is -2.96. The van der Waals surface area contributed by atoms with Crippen LogP contribution in [0.5, 0.6) is 0 Å². The smallest absolute Gasteiger partial charge is 0.317 e. The number of nitrogens with one attached hydrogen (secondary N) is 1. The van der Waals surface area contributed by atoms with Gasteiger partial charge in [0.05, 0.1) is 5.75 Å². The Labute approximate surface area is 146 Å². The largest absolute Gasteiger partial charge is 0.334 e. The molecule has 0 spiro atoms. The predicted octanol–water partition coefficient (Wildman–Crippen LogP) is 2.96. The van der Waals surface area contributed by atoms with E-state index in [0.717, 1.165) is 5.56 Å². The van der Waals surface area contributed by atoms with Crippen LogP contribution in [-0.4, -0.2) is 44.4 Å². The Morgan fingerprint density at radius 1 is 1.22 bits per heavy atom. The SMILES string of the molecule is CS(=O)(=O)CC1CCN(C(=O)NCc2cc(Cl)cc(Cl)c2)CC1. The number of hydrogen-bond donors (Lipinski definition) is 1. The maximum absolute atomic E-state index is 12.2. The van der Waals surface area contributed by atoms with Crippen LogP contribution in [-0.2, 0) is 16.4 Å². The van der Waals surface area contributed by atoms with E-state index in [4.69, 9.17) is 23.2 Å². The maximum Gasteiger partial charge on any atom is 0.317 e. The first-order valence-corrected chi connectivity index (χ1v) is 10.2. The second-order valence-electron chi connectivity index (χ2n) is 5.96. The van der Waals surface area contributed by atoms with Gasteiger partial charge in [0.15, 0.2) is 0 Å². The summed E-state index contributed by atoms with van der Waals surface area (Å²) in [6.07, 6.45) is 2.68. The van der Waals surface area contributed by atoms with Crippen LogP contribution in [0.15, 0.2) is 18.2 Å². The first-order valence-electron chi connectivity index (χ1n) is 7.38. The van der Waals surface area contributed by atoms with Gasteiger partial charge in [-0.15, -0.1) is 0 Å². The highest BCUT2D eigenvalue weighted by Crippen LogP contribution is 2.20. The number of benzene rings is 1. The number of rotatable bonds is 4. The van der Waals surface area contributed by atoms with E-state index < -0.39 is 9.84 Å². The van der Waals surface area contributed by atoms with Crippen molar-refractivity contribution in [3.05, 3.63) is 33.8 Å². The molecule has 1 saturated heterocycles. The van der Waals surface area contributed by atoms with Gasteiger partial charge < -0.3 is 10.2 Å². The zero-order valence-electron chi connectivity index (χ0n) is 12.9. The number of amides is 2. The summed E-state index contributed by atoms with van der Waals surface area (Å²) < 4.78 is 22.6. The van der Waals surface area contributed by atoms with Crippen molar-refractivity contribution in [2.75, 3.05) is 25.1 Å². The average Bonchev–Trinajstić information content (AvgIpc) is 2.43. The molecule has 128 valence electrons. The number of carbonyl (C=O) groups excluding carboxylic acids is 1. The minimum Gasteiger partial charge on any atom is -0.334 e. The van der Waals surface area contributed by atoms with Gasteiger partial charge in [-0.3, -0.25) is 0 Å². The van der Waals surface area contributed by atoms with Gasteiger partial charge in [-0.25, -0.2) is 13.2 Å². The van der Waals surface area contributed by atoms with Crippen LogP contribution in [0, 0.1) is 5.92 Å². The number of carbonyl (C=O) groups is 1. The summed E-state index contributed by atoms with van der Waals surface area (Å²) in [5.41, 5.74) is 0.836. The van der Waals surface area contributed by atoms with Crippen LogP contribution >= 0.6 is 23.2 Å². The molecule has 1 heterocycles. The van der Waals surface area contributed by atoms with E-state index in [9.17, 15) is 13.2 Å². The van der Waals surface area contributed by atoms with Gasteiger partial charge in [-0.1, -0.05) is 23.2 Å². The first-order chi connectivity index (χ1) is 10.7. The molecule has 0 unspecified atom stereocenters. The molecule has 0 saturated carbocycles. The fourth-order valence-electron chi connectivity index (χ4n) is 2.73. The van der Waals surface area contributed by atoms with Crippen LogP contribution < -0.4 is 5.32 Å². The normalized spacial score (nSPS) is 16.4. The van der Waals surface area contributed by atoms with E-state index in [0.29, 0.717) is 42.5 Å². The minimum absolute atomic E-state index is 0.140. The monoisotopic (exact) mass is 378 g/mol. The van der Waals surface area contributed by atoms with Gasteiger partial charge in [0.25, 0.3) is 0 Å². The summed E-state index contributed by atoms with van der Waals surface area (Å²) in [6, 6.07) is 5.00. The fourth-order valence-corrected chi connectivity index (χ4v) is 4.49. The van der Waals surface area contributed by atoms with Crippen molar-refractivity contribution < 1.29 is 13.2 Å². The Hall–Kier alpha value is -0.980. The van der Waals surface area contributed by atoms with Gasteiger partial charge >= 0.3 is 6.03 Å². The minimum atomic E-state index is -2.96. The lowest BCUT2D eigenvalue weighted by molar-refractivity contribution is 0.174. The molecule has 23 heavy (non-hydrogen) atoms. The average molecular weight is 379 g/mol. The highest BCUT2D eigenvalue weighted by Gasteiger charge is 2.24. The Bertz CT molecular complexity index is 651. The molecule has 1 aliphatic rings. The van der Waals surface area contributed by atoms with Gasteiger partial charge in [0, 0.05) is 35.9 Å². The van der Waals surface area contributed by atoms with Crippen LogP contribution in [0.2, 0.25) is 10.0 Å². The molecule has 1 fully saturated rings. The van der Waals surface area contributed by atoms with Crippen molar-refractivity contribution in [2.24, 2.45) is 5.92 Å².